The average Bonchev–Trinajstić information content (AvgIpc) is 2.84. The van der Waals surface area contributed by atoms with Crippen LogP contribution in [0.15, 0.2) is 18.3 Å². The molecule has 0 aromatic carbocycles. The number of carbonyl (C=O) groups is 1. The number of amides is 1. The second kappa shape index (κ2) is 4.67. The molecule has 16 heavy (non-hydrogen) atoms. The van der Waals surface area contributed by atoms with Crippen LogP contribution >= 0.6 is 0 Å². The maximum Gasteiger partial charge on any atom is 0.227 e. The zero-order valence-electron chi connectivity index (χ0n) is 9.35. The van der Waals surface area contributed by atoms with Gasteiger partial charge in [-0.3, -0.25) is 4.79 Å². The SMILES string of the molecule is Cn1cccc1CNC(=O)C1COCC1N. The molecular formula is C11H17N3O2. The molecule has 5 nitrogen and oxygen atoms in total. The Bertz CT molecular complexity index is 375. The van der Waals surface area contributed by atoms with Gasteiger partial charge in [0, 0.05) is 25.0 Å². The van der Waals surface area contributed by atoms with Gasteiger partial charge < -0.3 is 20.4 Å². The minimum absolute atomic E-state index is 0.0220. The number of nitrogens with zero attached hydrogens (tertiary/aromatic N) is 1. The van der Waals surface area contributed by atoms with Gasteiger partial charge in [0.2, 0.25) is 5.91 Å². The number of ether oxygens (including phenoxy) is 1. The van der Waals surface area contributed by atoms with E-state index in [1.54, 1.807) is 0 Å². The Morgan fingerprint density at radius 1 is 1.69 bits per heavy atom. The summed E-state index contributed by atoms with van der Waals surface area (Å²) < 4.78 is 7.14. The normalized spacial score (nSPS) is 24.6. The van der Waals surface area contributed by atoms with Crippen LogP contribution in [0.2, 0.25) is 0 Å². The fourth-order valence-electron chi connectivity index (χ4n) is 1.83. The highest BCUT2D eigenvalue weighted by Gasteiger charge is 2.31. The average molecular weight is 223 g/mol. The lowest BCUT2D eigenvalue weighted by Crippen LogP contribution is -2.40. The summed E-state index contributed by atoms with van der Waals surface area (Å²) in [6.45, 7) is 1.44. The first-order chi connectivity index (χ1) is 7.68. The van der Waals surface area contributed by atoms with Gasteiger partial charge in [-0.05, 0) is 12.1 Å². The molecule has 1 aliphatic rings. The molecule has 3 N–H and O–H groups in total. The molecule has 2 rings (SSSR count). The summed E-state index contributed by atoms with van der Waals surface area (Å²) in [4.78, 5) is 11.8. The third-order valence-corrected chi connectivity index (χ3v) is 2.96. The first-order valence-electron chi connectivity index (χ1n) is 5.39. The van der Waals surface area contributed by atoms with Crippen LogP contribution in [0.3, 0.4) is 0 Å². The fourth-order valence-corrected chi connectivity index (χ4v) is 1.83. The van der Waals surface area contributed by atoms with Crippen LogP contribution in [0.25, 0.3) is 0 Å². The lowest BCUT2D eigenvalue weighted by atomic mass is 10.0. The molecule has 0 saturated carbocycles. The molecular weight excluding hydrogens is 206 g/mol. The number of rotatable bonds is 3. The van der Waals surface area contributed by atoms with Crippen molar-refractivity contribution in [3.05, 3.63) is 24.0 Å². The Kier molecular flexibility index (Phi) is 3.26. The highest BCUT2D eigenvalue weighted by Crippen LogP contribution is 2.11. The van der Waals surface area contributed by atoms with E-state index in [9.17, 15) is 4.79 Å². The summed E-state index contributed by atoms with van der Waals surface area (Å²) in [6, 6.07) is 3.76. The van der Waals surface area contributed by atoms with Crippen LogP contribution < -0.4 is 11.1 Å². The quantitative estimate of drug-likeness (QED) is 0.733. The van der Waals surface area contributed by atoms with E-state index < -0.39 is 0 Å². The van der Waals surface area contributed by atoms with Gasteiger partial charge in [0.25, 0.3) is 0 Å². The molecule has 1 aromatic heterocycles. The number of aryl methyl sites for hydroxylation is 1. The van der Waals surface area contributed by atoms with Gasteiger partial charge in [0.05, 0.1) is 25.7 Å². The molecule has 2 atom stereocenters. The van der Waals surface area contributed by atoms with Gasteiger partial charge in [-0.2, -0.15) is 0 Å². The van der Waals surface area contributed by atoms with Crippen molar-refractivity contribution < 1.29 is 9.53 Å². The van der Waals surface area contributed by atoms with Gasteiger partial charge in [0.1, 0.15) is 0 Å². The predicted molar refractivity (Wildman–Crippen MR) is 59.5 cm³/mol. The van der Waals surface area contributed by atoms with Gasteiger partial charge >= 0.3 is 0 Å². The van der Waals surface area contributed by atoms with Crippen LogP contribution in [0.4, 0.5) is 0 Å². The Morgan fingerprint density at radius 2 is 2.50 bits per heavy atom. The second-order valence-corrected chi connectivity index (χ2v) is 4.14. The smallest absolute Gasteiger partial charge is 0.227 e. The minimum Gasteiger partial charge on any atom is -0.379 e. The summed E-state index contributed by atoms with van der Waals surface area (Å²) in [5.41, 5.74) is 6.84. The van der Waals surface area contributed by atoms with E-state index in [0.29, 0.717) is 19.8 Å². The highest BCUT2D eigenvalue weighted by molar-refractivity contribution is 5.79. The molecule has 2 heterocycles. The third-order valence-electron chi connectivity index (χ3n) is 2.96. The molecule has 0 radical (unpaired) electrons. The predicted octanol–water partition coefficient (Wildman–Crippen LogP) is -0.385. The van der Waals surface area contributed by atoms with Crippen molar-refractivity contribution in [2.45, 2.75) is 12.6 Å². The van der Waals surface area contributed by atoms with Crippen molar-refractivity contribution in [3.63, 3.8) is 0 Å². The van der Waals surface area contributed by atoms with Crippen molar-refractivity contribution in [3.8, 4) is 0 Å². The van der Waals surface area contributed by atoms with Crippen molar-refractivity contribution in [1.82, 2.24) is 9.88 Å². The number of hydrogen-bond acceptors (Lipinski definition) is 3. The maximum atomic E-state index is 11.8. The summed E-state index contributed by atoms with van der Waals surface area (Å²) in [5.74, 6) is -0.230. The minimum atomic E-state index is -0.208. The molecule has 1 aromatic rings. The number of nitrogens with two attached hydrogens (primary N) is 1. The third kappa shape index (κ3) is 2.25. The van der Waals surface area contributed by atoms with E-state index in [1.807, 2.05) is 29.9 Å². The van der Waals surface area contributed by atoms with Gasteiger partial charge in [-0.1, -0.05) is 0 Å². The van der Waals surface area contributed by atoms with E-state index in [4.69, 9.17) is 10.5 Å². The Labute approximate surface area is 94.6 Å². The molecule has 0 aliphatic carbocycles. The summed E-state index contributed by atoms with van der Waals surface area (Å²) in [6.07, 6.45) is 1.95. The lowest BCUT2D eigenvalue weighted by molar-refractivity contribution is -0.125. The van der Waals surface area contributed by atoms with Crippen LogP contribution in [0.5, 0.6) is 0 Å². The van der Waals surface area contributed by atoms with Gasteiger partial charge in [-0.15, -0.1) is 0 Å². The number of hydrogen-bond donors (Lipinski definition) is 2. The van der Waals surface area contributed by atoms with Crippen molar-refractivity contribution >= 4 is 5.91 Å². The van der Waals surface area contributed by atoms with Crippen LogP contribution in [0, 0.1) is 5.92 Å². The van der Waals surface area contributed by atoms with Gasteiger partial charge in [-0.25, -0.2) is 0 Å². The van der Waals surface area contributed by atoms with Gasteiger partial charge in [0.15, 0.2) is 0 Å². The second-order valence-electron chi connectivity index (χ2n) is 4.14. The Morgan fingerprint density at radius 3 is 3.06 bits per heavy atom. The maximum absolute atomic E-state index is 11.8. The first kappa shape index (κ1) is 11.2. The van der Waals surface area contributed by atoms with Crippen molar-refractivity contribution in [1.29, 1.82) is 0 Å². The monoisotopic (exact) mass is 223 g/mol. The summed E-state index contributed by atoms with van der Waals surface area (Å²) in [7, 11) is 1.95. The Balaban J connectivity index is 1.86. The summed E-state index contributed by atoms with van der Waals surface area (Å²) in [5, 5.41) is 2.88. The van der Waals surface area contributed by atoms with E-state index in [1.165, 1.54) is 0 Å². The zero-order valence-corrected chi connectivity index (χ0v) is 9.35. The first-order valence-corrected chi connectivity index (χ1v) is 5.39. The van der Waals surface area contributed by atoms with E-state index in [2.05, 4.69) is 5.32 Å². The molecule has 2 unspecified atom stereocenters. The lowest BCUT2D eigenvalue weighted by Gasteiger charge is -2.13. The molecule has 0 spiro atoms. The molecule has 1 fully saturated rings. The van der Waals surface area contributed by atoms with Crippen molar-refractivity contribution in [2.24, 2.45) is 18.7 Å². The highest BCUT2D eigenvalue weighted by atomic mass is 16.5. The molecule has 88 valence electrons. The van der Waals surface area contributed by atoms with Crippen LogP contribution in [-0.2, 0) is 23.1 Å². The number of carbonyl (C=O) groups excluding carboxylic acids is 1. The van der Waals surface area contributed by atoms with Crippen molar-refractivity contribution in [2.75, 3.05) is 13.2 Å². The molecule has 1 amide bonds. The zero-order chi connectivity index (χ0) is 11.5. The fraction of sp³-hybridized carbons (Fsp3) is 0.545. The van der Waals surface area contributed by atoms with Crippen LogP contribution in [-0.4, -0.2) is 29.7 Å². The van der Waals surface area contributed by atoms with E-state index in [-0.39, 0.29) is 17.9 Å². The molecule has 5 heteroatoms. The summed E-state index contributed by atoms with van der Waals surface area (Å²) >= 11 is 0. The topological polar surface area (TPSA) is 69.3 Å². The van der Waals surface area contributed by atoms with E-state index in [0.717, 1.165) is 5.69 Å². The Hall–Kier alpha value is -1.33. The number of nitrogens with one attached hydrogen (secondary N) is 1. The molecule has 0 bridgehead atoms. The van der Waals surface area contributed by atoms with E-state index >= 15 is 0 Å². The standard InChI is InChI=1S/C11H17N3O2/c1-14-4-2-3-8(14)5-13-11(15)9-6-16-7-10(9)12/h2-4,9-10H,5-7,12H2,1H3,(H,13,15). The van der Waals surface area contributed by atoms with Crippen LogP contribution in [0.1, 0.15) is 5.69 Å². The molecule has 1 aliphatic heterocycles. The number of aromatic nitrogens is 1. The molecule has 1 saturated heterocycles. The largest absolute Gasteiger partial charge is 0.379 e.